The lowest BCUT2D eigenvalue weighted by Crippen LogP contribution is -2.54. The van der Waals surface area contributed by atoms with Gasteiger partial charge in [-0.15, -0.1) is 0 Å². The molecule has 0 amide bonds. The fourth-order valence-electron chi connectivity index (χ4n) is 2.32. The van der Waals surface area contributed by atoms with Gasteiger partial charge in [0.15, 0.2) is 0 Å². The van der Waals surface area contributed by atoms with E-state index in [1.165, 1.54) is 0 Å². The number of nitrogens with zero attached hydrogens (tertiary/aromatic N) is 1. The van der Waals surface area contributed by atoms with Crippen LogP contribution in [0.4, 0.5) is 0 Å². The van der Waals surface area contributed by atoms with Gasteiger partial charge in [0.05, 0.1) is 0 Å². The number of hydrogen-bond donors (Lipinski definition) is 2. The van der Waals surface area contributed by atoms with Crippen LogP contribution in [0, 0.1) is 5.92 Å². The molecule has 4 nitrogen and oxygen atoms in total. The lowest BCUT2D eigenvalue weighted by atomic mass is 9.92. The Balaban J connectivity index is 2.49. The Morgan fingerprint density at radius 2 is 2.00 bits per heavy atom. The Morgan fingerprint density at radius 3 is 2.42 bits per heavy atom. The minimum absolute atomic E-state index is 0.270. The van der Waals surface area contributed by atoms with Crippen molar-refractivity contribution in [3.8, 4) is 0 Å². The van der Waals surface area contributed by atoms with Crippen molar-refractivity contribution >= 4 is 5.97 Å². The lowest BCUT2D eigenvalue weighted by molar-refractivity contribution is -0.145. The summed E-state index contributed by atoms with van der Waals surface area (Å²) in [7, 11) is 2.09. The van der Waals surface area contributed by atoms with Crippen LogP contribution in [0.5, 0.6) is 0 Å². The summed E-state index contributed by atoms with van der Waals surface area (Å²) in [6.07, 6.45) is 4.02. The normalized spacial score (nSPS) is 20.6. The topological polar surface area (TPSA) is 52.6 Å². The van der Waals surface area contributed by atoms with E-state index < -0.39 is 11.5 Å². The molecule has 0 radical (unpaired) electrons. The Kier molecular flexibility index (Phi) is 5.81. The molecule has 0 bridgehead atoms. The highest BCUT2D eigenvalue weighted by Crippen LogP contribution is 2.26. The molecule has 0 aromatic carbocycles. The standard InChI is InChI=1S/C15H30N2O2/c1-11(2)8-9-17(5)12(3)10-15(4,14(18)19)16-13-6-7-13/h11-13,16H,6-10H2,1-5H3,(H,18,19). The maximum absolute atomic E-state index is 11.5. The van der Waals surface area contributed by atoms with Crippen LogP contribution in [0.15, 0.2) is 0 Å². The number of nitrogens with one attached hydrogen (secondary N) is 1. The monoisotopic (exact) mass is 270 g/mol. The van der Waals surface area contributed by atoms with Crippen LogP contribution in [0.2, 0.25) is 0 Å². The first kappa shape index (κ1) is 16.4. The molecule has 4 heteroatoms. The van der Waals surface area contributed by atoms with Crippen LogP contribution in [0.1, 0.15) is 53.4 Å². The number of carbonyl (C=O) groups is 1. The van der Waals surface area contributed by atoms with E-state index in [-0.39, 0.29) is 6.04 Å². The number of carboxylic acids is 1. The molecule has 0 heterocycles. The van der Waals surface area contributed by atoms with Gasteiger partial charge in [-0.1, -0.05) is 13.8 Å². The summed E-state index contributed by atoms with van der Waals surface area (Å²) in [6.45, 7) is 9.40. The van der Waals surface area contributed by atoms with Crippen molar-refractivity contribution < 1.29 is 9.90 Å². The zero-order chi connectivity index (χ0) is 14.6. The van der Waals surface area contributed by atoms with Gasteiger partial charge in [-0.2, -0.15) is 0 Å². The van der Waals surface area contributed by atoms with E-state index in [1.807, 2.05) is 6.92 Å². The van der Waals surface area contributed by atoms with Gasteiger partial charge < -0.3 is 10.0 Å². The molecule has 0 spiro atoms. The highest BCUT2D eigenvalue weighted by Gasteiger charge is 2.39. The van der Waals surface area contributed by atoms with E-state index in [1.54, 1.807) is 0 Å². The molecule has 1 saturated carbocycles. The highest BCUT2D eigenvalue weighted by atomic mass is 16.4. The van der Waals surface area contributed by atoms with E-state index >= 15 is 0 Å². The third-order valence-electron chi connectivity index (χ3n) is 4.09. The van der Waals surface area contributed by atoms with Crippen molar-refractivity contribution in [2.45, 2.75) is 71.0 Å². The first-order chi connectivity index (χ1) is 8.74. The molecule has 0 aliphatic heterocycles. The maximum atomic E-state index is 11.5. The molecule has 2 atom stereocenters. The molecule has 1 rings (SSSR count). The molecular weight excluding hydrogens is 240 g/mol. The van der Waals surface area contributed by atoms with Gasteiger partial charge in [0, 0.05) is 12.1 Å². The summed E-state index contributed by atoms with van der Waals surface area (Å²) < 4.78 is 0. The zero-order valence-corrected chi connectivity index (χ0v) is 13.1. The molecule has 0 aromatic rings. The van der Waals surface area contributed by atoms with E-state index in [9.17, 15) is 9.90 Å². The number of aliphatic carboxylic acids is 1. The fourth-order valence-corrected chi connectivity index (χ4v) is 2.32. The van der Waals surface area contributed by atoms with Crippen LogP contribution in [0.25, 0.3) is 0 Å². The van der Waals surface area contributed by atoms with Gasteiger partial charge in [-0.25, -0.2) is 0 Å². The second kappa shape index (κ2) is 6.71. The second-order valence-electron chi connectivity index (χ2n) is 6.77. The number of hydrogen-bond acceptors (Lipinski definition) is 3. The van der Waals surface area contributed by atoms with Gasteiger partial charge in [0.1, 0.15) is 5.54 Å². The van der Waals surface area contributed by atoms with Gasteiger partial charge >= 0.3 is 5.97 Å². The van der Waals surface area contributed by atoms with Crippen molar-refractivity contribution in [2.24, 2.45) is 5.92 Å². The van der Waals surface area contributed by atoms with Gasteiger partial charge in [-0.05, 0) is 59.0 Å². The van der Waals surface area contributed by atoms with Crippen LogP contribution >= 0.6 is 0 Å². The van der Waals surface area contributed by atoms with Crippen LogP contribution < -0.4 is 5.32 Å². The Labute approximate surface area is 117 Å². The molecule has 0 aromatic heterocycles. The van der Waals surface area contributed by atoms with Crippen molar-refractivity contribution in [2.75, 3.05) is 13.6 Å². The van der Waals surface area contributed by atoms with Crippen LogP contribution in [-0.2, 0) is 4.79 Å². The molecule has 1 aliphatic rings. The molecule has 19 heavy (non-hydrogen) atoms. The van der Waals surface area contributed by atoms with Gasteiger partial charge in [0.2, 0.25) is 0 Å². The van der Waals surface area contributed by atoms with Gasteiger partial charge in [-0.3, -0.25) is 10.1 Å². The summed E-state index contributed by atoms with van der Waals surface area (Å²) in [6, 6.07) is 0.681. The lowest BCUT2D eigenvalue weighted by Gasteiger charge is -2.34. The third kappa shape index (κ3) is 5.49. The fraction of sp³-hybridized carbons (Fsp3) is 0.933. The van der Waals surface area contributed by atoms with E-state index in [2.05, 4.69) is 38.0 Å². The first-order valence-corrected chi connectivity index (χ1v) is 7.46. The maximum Gasteiger partial charge on any atom is 0.323 e. The zero-order valence-electron chi connectivity index (χ0n) is 13.1. The molecule has 112 valence electrons. The number of carboxylic acid groups (broad SMARTS) is 1. The predicted molar refractivity (Wildman–Crippen MR) is 78.4 cm³/mol. The quantitative estimate of drug-likeness (QED) is 0.675. The van der Waals surface area contributed by atoms with Crippen LogP contribution in [0.3, 0.4) is 0 Å². The van der Waals surface area contributed by atoms with E-state index in [0.29, 0.717) is 18.4 Å². The molecule has 2 unspecified atom stereocenters. The summed E-state index contributed by atoms with van der Waals surface area (Å²) in [5.74, 6) is -0.0476. The minimum atomic E-state index is -0.799. The molecule has 1 aliphatic carbocycles. The van der Waals surface area contributed by atoms with Crippen molar-refractivity contribution in [3.05, 3.63) is 0 Å². The highest BCUT2D eigenvalue weighted by molar-refractivity contribution is 5.78. The Hall–Kier alpha value is -0.610. The SMILES string of the molecule is CC(C)CCN(C)C(C)CC(C)(NC1CC1)C(=O)O. The first-order valence-electron chi connectivity index (χ1n) is 7.46. The van der Waals surface area contributed by atoms with E-state index in [4.69, 9.17) is 0 Å². The molecule has 1 fully saturated rings. The third-order valence-corrected chi connectivity index (χ3v) is 4.09. The summed E-state index contributed by atoms with van der Waals surface area (Å²) in [5, 5.41) is 12.8. The molecule has 2 N–H and O–H groups in total. The summed E-state index contributed by atoms with van der Waals surface area (Å²) in [4.78, 5) is 13.8. The van der Waals surface area contributed by atoms with Crippen LogP contribution in [-0.4, -0.2) is 47.2 Å². The second-order valence-corrected chi connectivity index (χ2v) is 6.77. The largest absolute Gasteiger partial charge is 0.480 e. The molecular formula is C15H30N2O2. The molecule has 0 saturated heterocycles. The smallest absolute Gasteiger partial charge is 0.323 e. The average molecular weight is 270 g/mol. The average Bonchev–Trinajstić information content (AvgIpc) is 3.08. The van der Waals surface area contributed by atoms with Gasteiger partial charge in [0.25, 0.3) is 0 Å². The van der Waals surface area contributed by atoms with E-state index in [0.717, 1.165) is 25.8 Å². The van der Waals surface area contributed by atoms with Crippen molar-refractivity contribution in [1.29, 1.82) is 0 Å². The summed E-state index contributed by atoms with van der Waals surface area (Å²) >= 11 is 0. The van der Waals surface area contributed by atoms with Crippen molar-refractivity contribution in [1.82, 2.24) is 10.2 Å². The Bertz CT molecular complexity index is 303. The number of rotatable bonds is 9. The predicted octanol–water partition coefficient (Wildman–Crippen LogP) is 2.34. The minimum Gasteiger partial charge on any atom is -0.480 e. The summed E-state index contributed by atoms with van der Waals surface area (Å²) in [5.41, 5.74) is -0.799. The van der Waals surface area contributed by atoms with Crippen molar-refractivity contribution in [3.63, 3.8) is 0 Å². The Morgan fingerprint density at radius 1 is 1.42 bits per heavy atom.